The molecule has 0 spiro atoms. The molecule has 0 saturated heterocycles. The van der Waals surface area contributed by atoms with Crippen LogP contribution in [0.15, 0.2) is 54.6 Å². The minimum absolute atomic E-state index is 0.0158. The van der Waals surface area contributed by atoms with E-state index in [1.807, 2.05) is 30.3 Å². The van der Waals surface area contributed by atoms with E-state index in [9.17, 15) is 4.79 Å². The number of amides is 1. The minimum atomic E-state index is 0.0158. The summed E-state index contributed by atoms with van der Waals surface area (Å²) in [5.41, 5.74) is 3.44. The van der Waals surface area contributed by atoms with E-state index in [-0.39, 0.29) is 11.9 Å². The van der Waals surface area contributed by atoms with E-state index in [0.29, 0.717) is 11.8 Å². The quantitative estimate of drug-likeness (QED) is 0.881. The van der Waals surface area contributed by atoms with Gasteiger partial charge in [0.05, 0.1) is 0 Å². The number of nitrogens with one attached hydrogen (secondary N) is 1. The van der Waals surface area contributed by atoms with Gasteiger partial charge in [-0.25, -0.2) is 0 Å². The van der Waals surface area contributed by atoms with Crippen LogP contribution in [0.5, 0.6) is 0 Å². The summed E-state index contributed by atoms with van der Waals surface area (Å²) in [6.45, 7) is 4.39. The van der Waals surface area contributed by atoms with Gasteiger partial charge in [-0.3, -0.25) is 4.79 Å². The van der Waals surface area contributed by atoms with Crippen molar-refractivity contribution in [1.82, 2.24) is 5.32 Å². The maximum Gasteiger partial charge on any atom is 0.251 e. The second-order valence-corrected chi connectivity index (χ2v) is 5.57. The first-order valence-corrected chi connectivity index (χ1v) is 7.13. The van der Waals surface area contributed by atoms with Gasteiger partial charge in [-0.1, -0.05) is 56.3 Å². The lowest BCUT2D eigenvalue weighted by atomic mass is 9.97. The Morgan fingerprint density at radius 2 is 1.35 bits per heavy atom. The monoisotopic (exact) mass is 265 g/mol. The zero-order chi connectivity index (χ0) is 14.1. The molecule has 1 N–H and O–H groups in total. The van der Waals surface area contributed by atoms with Gasteiger partial charge in [0, 0.05) is 23.4 Å². The van der Waals surface area contributed by atoms with Crippen molar-refractivity contribution in [1.29, 1.82) is 0 Å². The highest BCUT2D eigenvalue weighted by atomic mass is 16.1. The minimum Gasteiger partial charge on any atom is -0.348 e. The smallest absolute Gasteiger partial charge is 0.251 e. The second kappa shape index (κ2) is 5.12. The molecule has 1 aliphatic rings. The first-order valence-electron chi connectivity index (χ1n) is 7.13. The van der Waals surface area contributed by atoms with Gasteiger partial charge in [0.25, 0.3) is 5.91 Å². The molecule has 3 rings (SSSR count). The van der Waals surface area contributed by atoms with Crippen molar-refractivity contribution in [3.63, 3.8) is 0 Å². The number of carbonyl (C=O) groups excluding carboxylic acids is 1. The van der Waals surface area contributed by atoms with Crippen LogP contribution in [-0.2, 0) is 0 Å². The van der Waals surface area contributed by atoms with Crippen LogP contribution < -0.4 is 5.32 Å². The molecule has 0 saturated carbocycles. The molecule has 20 heavy (non-hydrogen) atoms. The van der Waals surface area contributed by atoms with Crippen molar-refractivity contribution in [2.24, 2.45) is 0 Å². The number of hydrogen-bond acceptors (Lipinski definition) is 1. The lowest BCUT2D eigenvalue weighted by Crippen LogP contribution is -2.38. The van der Waals surface area contributed by atoms with Crippen molar-refractivity contribution in [2.75, 3.05) is 0 Å². The van der Waals surface area contributed by atoms with E-state index in [1.165, 1.54) is 11.1 Å². The molecule has 1 amide bonds. The van der Waals surface area contributed by atoms with Gasteiger partial charge < -0.3 is 5.32 Å². The molecule has 0 fully saturated rings. The summed E-state index contributed by atoms with van der Waals surface area (Å²) < 4.78 is 0. The van der Waals surface area contributed by atoms with Gasteiger partial charge in [0.1, 0.15) is 0 Å². The predicted octanol–water partition coefficient (Wildman–Crippen LogP) is 3.71. The van der Waals surface area contributed by atoms with Crippen LogP contribution in [0.1, 0.15) is 47.2 Å². The van der Waals surface area contributed by atoms with E-state index in [4.69, 9.17) is 0 Å². The van der Waals surface area contributed by atoms with E-state index in [1.54, 1.807) is 0 Å². The molecule has 0 bridgehead atoms. The van der Waals surface area contributed by atoms with Crippen molar-refractivity contribution < 1.29 is 4.79 Å². The molecular weight excluding hydrogens is 246 g/mol. The lowest BCUT2D eigenvalue weighted by molar-refractivity contribution is 0.0929. The summed E-state index contributed by atoms with van der Waals surface area (Å²) in [5, 5.41) is 3.20. The van der Waals surface area contributed by atoms with Gasteiger partial charge >= 0.3 is 0 Å². The van der Waals surface area contributed by atoms with E-state index < -0.39 is 0 Å². The third-order valence-corrected chi connectivity index (χ3v) is 4.39. The van der Waals surface area contributed by atoms with Crippen LogP contribution in [0.4, 0.5) is 0 Å². The Morgan fingerprint density at radius 1 is 0.850 bits per heavy atom. The number of benzene rings is 2. The maximum absolute atomic E-state index is 12.3. The highest BCUT2D eigenvalue weighted by Gasteiger charge is 2.36. The fourth-order valence-corrected chi connectivity index (χ4v) is 3.23. The lowest BCUT2D eigenvalue weighted by Gasteiger charge is -2.22. The zero-order valence-electron chi connectivity index (χ0n) is 11.8. The van der Waals surface area contributed by atoms with Gasteiger partial charge in [0.15, 0.2) is 0 Å². The number of hydrogen-bond donors (Lipinski definition) is 1. The van der Waals surface area contributed by atoms with Crippen LogP contribution in [0.2, 0.25) is 0 Å². The number of fused-ring (bicyclic) bond motifs is 1. The molecule has 102 valence electrons. The van der Waals surface area contributed by atoms with Crippen LogP contribution >= 0.6 is 0 Å². The molecule has 0 aliphatic heterocycles. The van der Waals surface area contributed by atoms with Gasteiger partial charge in [-0.05, 0) is 23.3 Å². The van der Waals surface area contributed by atoms with Crippen molar-refractivity contribution in [3.05, 3.63) is 71.3 Å². The van der Waals surface area contributed by atoms with Crippen LogP contribution in [0.3, 0.4) is 0 Å². The topological polar surface area (TPSA) is 29.1 Å². The fraction of sp³-hybridized carbons (Fsp3) is 0.278. The van der Waals surface area contributed by atoms with E-state index in [2.05, 4.69) is 43.4 Å². The molecule has 0 aromatic heterocycles. The van der Waals surface area contributed by atoms with E-state index in [0.717, 1.165) is 5.56 Å². The third-order valence-electron chi connectivity index (χ3n) is 4.39. The normalized spacial score (nSPS) is 24.2. The Balaban J connectivity index is 1.82. The number of rotatable bonds is 2. The number of carbonyl (C=O) groups is 1. The van der Waals surface area contributed by atoms with Crippen LogP contribution in [-0.4, -0.2) is 11.9 Å². The van der Waals surface area contributed by atoms with Gasteiger partial charge in [0.2, 0.25) is 0 Å². The summed E-state index contributed by atoms with van der Waals surface area (Å²) in [5.74, 6) is 0.727. The summed E-state index contributed by atoms with van der Waals surface area (Å²) in [4.78, 5) is 12.3. The first kappa shape index (κ1) is 12.9. The fourth-order valence-electron chi connectivity index (χ4n) is 3.23. The van der Waals surface area contributed by atoms with Crippen molar-refractivity contribution in [3.8, 4) is 0 Å². The molecule has 0 radical (unpaired) electrons. The average molecular weight is 265 g/mol. The van der Waals surface area contributed by atoms with E-state index >= 15 is 0 Å². The molecule has 2 nitrogen and oxygen atoms in total. The standard InChI is InChI=1S/C18H19NO/c1-12-15-10-6-7-11-16(15)13(2)17(12)19-18(20)14-8-4-3-5-9-14/h3-13,17H,1-2H3,(H,19,20). The molecule has 2 atom stereocenters. The highest BCUT2D eigenvalue weighted by molar-refractivity contribution is 5.94. The average Bonchev–Trinajstić information content (AvgIpc) is 2.74. The zero-order valence-corrected chi connectivity index (χ0v) is 11.8. The second-order valence-electron chi connectivity index (χ2n) is 5.57. The molecule has 2 aromatic carbocycles. The molecule has 2 heteroatoms. The Kier molecular flexibility index (Phi) is 3.31. The van der Waals surface area contributed by atoms with Crippen molar-refractivity contribution >= 4 is 5.91 Å². The maximum atomic E-state index is 12.3. The Hall–Kier alpha value is -2.09. The summed E-state index contributed by atoms with van der Waals surface area (Å²) in [7, 11) is 0. The summed E-state index contributed by atoms with van der Waals surface area (Å²) in [6, 6.07) is 18.1. The molecule has 1 aliphatic carbocycles. The molecule has 2 aromatic rings. The Bertz CT molecular complexity index is 591. The Labute approximate surface area is 119 Å². The van der Waals surface area contributed by atoms with Crippen LogP contribution in [0.25, 0.3) is 0 Å². The predicted molar refractivity (Wildman–Crippen MR) is 81.0 cm³/mol. The van der Waals surface area contributed by atoms with Gasteiger partial charge in [-0.2, -0.15) is 0 Å². The van der Waals surface area contributed by atoms with Gasteiger partial charge in [-0.15, -0.1) is 0 Å². The van der Waals surface area contributed by atoms with Crippen molar-refractivity contribution in [2.45, 2.75) is 31.7 Å². The third kappa shape index (κ3) is 2.11. The SMILES string of the molecule is CC1c2ccccc2C(C)C1NC(=O)c1ccccc1. The summed E-state index contributed by atoms with van der Waals surface area (Å²) in [6.07, 6.45) is 0. The summed E-state index contributed by atoms with van der Waals surface area (Å²) >= 11 is 0. The van der Waals surface area contributed by atoms with Crippen LogP contribution in [0, 0.1) is 0 Å². The first-order chi connectivity index (χ1) is 9.68. The molecular formula is C18H19NO. The Morgan fingerprint density at radius 3 is 1.90 bits per heavy atom. The highest BCUT2D eigenvalue weighted by Crippen LogP contribution is 2.41. The molecule has 2 unspecified atom stereocenters. The largest absolute Gasteiger partial charge is 0.348 e. The molecule has 0 heterocycles.